The van der Waals surface area contributed by atoms with Gasteiger partial charge in [0.05, 0.1) is 0 Å². The maximum absolute atomic E-state index is 2.59. The van der Waals surface area contributed by atoms with Crippen molar-refractivity contribution in [1.82, 2.24) is 4.90 Å². The summed E-state index contributed by atoms with van der Waals surface area (Å²) in [6.45, 7) is 16.5. The summed E-state index contributed by atoms with van der Waals surface area (Å²) in [6, 6.07) is 0.746. The molecule has 1 aliphatic rings. The fourth-order valence-corrected chi connectivity index (χ4v) is 3.40. The average molecular weight is 251 g/mol. The predicted molar refractivity (Wildman–Crippen MR) is 81.6 cm³/mol. The molecule has 0 N–H and O–H groups in total. The molecule has 0 aromatic rings. The van der Waals surface area contributed by atoms with Gasteiger partial charge < -0.3 is 4.90 Å². The molecule has 1 nitrogen and oxygen atoms in total. The smallest absolute Gasteiger partial charge is 0.0286 e. The van der Waals surface area contributed by atoms with Crippen LogP contribution in [0, 0.1) is 10.8 Å². The van der Waals surface area contributed by atoms with Crippen LogP contribution in [0.15, 0.2) is 11.3 Å². The Morgan fingerprint density at radius 1 is 1.06 bits per heavy atom. The van der Waals surface area contributed by atoms with E-state index in [1.165, 1.54) is 25.7 Å². The Bertz CT molecular complexity index is 311. The van der Waals surface area contributed by atoms with Gasteiger partial charge in [-0.05, 0) is 30.3 Å². The molecule has 18 heavy (non-hydrogen) atoms. The number of hydrogen-bond donors (Lipinski definition) is 0. The largest absolute Gasteiger partial charge is 0.374 e. The first-order valence-electron chi connectivity index (χ1n) is 7.56. The van der Waals surface area contributed by atoms with Crippen molar-refractivity contribution >= 4 is 0 Å². The van der Waals surface area contributed by atoms with Crippen LogP contribution in [0.3, 0.4) is 0 Å². The normalized spacial score (nSPS) is 22.7. The van der Waals surface area contributed by atoms with Crippen molar-refractivity contribution in [2.75, 3.05) is 7.05 Å². The minimum atomic E-state index is 0.254. The van der Waals surface area contributed by atoms with Crippen molar-refractivity contribution in [3.05, 3.63) is 11.3 Å². The van der Waals surface area contributed by atoms with Crippen LogP contribution in [0.4, 0.5) is 0 Å². The molecule has 1 atom stereocenters. The minimum absolute atomic E-state index is 0.254. The monoisotopic (exact) mass is 251 g/mol. The third-order valence-corrected chi connectivity index (χ3v) is 4.15. The fraction of sp³-hybridized carbons (Fsp3) is 0.882. The Labute approximate surface area is 115 Å². The van der Waals surface area contributed by atoms with Crippen LogP contribution in [0.25, 0.3) is 0 Å². The van der Waals surface area contributed by atoms with Gasteiger partial charge >= 0.3 is 0 Å². The first-order valence-corrected chi connectivity index (χ1v) is 7.56. The molecule has 0 amide bonds. The third kappa shape index (κ3) is 3.30. The van der Waals surface area contributed by atoms with Crippen molar-refractivity contribution in [3.8, 4) is 0 Å². The van der Waals surface area contributed by atoms with Gasteiger partial charge in [-0.1, -0.05) is 54.9 Å². The summed E-state index contributed by atoms with van der Waals surface area (Å²) < 4.78 is 0. The maximum Gasteiger partial charge on any atom is 0.0286 e. The van der Waals surface area contributed by atoms with Crippen LogP contribution in [0.1, 0.15) is 74.1 Å². The van der Waals surface area contributed by atoms with Crippen molar-refractivity contribution < 1.29 is 0 Å². The molecule has 106 valence electrons. The highest BCUT2D eigenvalue weighted by atomic mass is 15.2. The number of allylic oxidation sites excluding steroid dienone is 2. The standard InChI is InChI=1S/C17H33N/c1-9-10-13-11-12-14(16(2,3)4)15(18(13)8)17(5,6)7/h13H,9-12H2,1-8H3. The van der Waals surface area contributed by atoms with Gasteiger partial charge in [-0.25, -0.2) is 0 Å². The lowest BCUT2D eigenvalue weighted by Gasteiger charge is -2.46. The minimum Gasteiger partial charge on any atom is -0.374 e. The van der Waals surface area contributed by atoms with Gasteiger partial charge in [-0.3, -0.25) is 0 Å². The molecular formula is C17H33N. The van der Waals surface area contributed by atoms with E-state index in [0.717, 1.165) is 6.04 Å². The molecule has 1 heterocycles. The second kappa shape index (κ2) is 5.27. The highest BCUT2D eigenvalue weighted by Gasteiger charge is 2.35. The quantitative estimate of drug-likeness (QED) is 0.650. The zero-order valence-electron chi connectivity index (χ0n) is 13.9. The van der Waals surface area contributed by atoms with Crippen LogP contribution in [-0.2, 0) is 0 Å². The number of hydrogen-bond acceptors (Lipinski definition) is 1. The van der Waals surface area contributed by atoms with Crippen molar-refractivity contribution in [2.24, 2.45) is 10.8 Å². The summed E-state index contributed by atoms with van der Waals surface area (Å²) in [5.41, 5.74) is 3.82. The highest BCUT2D eigenvalue weighted by Crippen LogP contribution is 2.44. The number of nitrogens with zero attached hydrogens (tertiary/aromatic N) is 1. The van der Waals surface area contributed by atoms with E-state index < -0.39 is 0 Å². The molecule has 1 rings (SSSR count). The summed E-state index contributed by atoms with van der Waals surface area (Å²) in [4.78, 5) is 2.59. The van der Waals surface area contributed by atoms with Gasteiger partial charge in [0.1, 0.15) is 0 Å². The van der Waals surface area contributed by atoms with Gasteiger partial charge in [0.25, 0.3) is 0 Å². The van der Waals surface area contributed by atoms with E-state index in [1.807, 2.05) is 0 Å². The van der Waals surface area contributed by atoms with E-state index in [4.69, 9.17) is 0 Å². The van der Waals surface area contributed by atoms with E-state index in [9.17, 15) is 0 Å². The summed E-state index contributed by atoms with van der Waals surface area (Å²) >= 11 is 0. The molecule has 0 fully saturated rings. The highest BCUT2D eigenvalue weighted by molar-refractivity contribution is 5.27. The molecule has 0 aromatic carbocycles. The molecular weight excluding hydrogens is 218 g/mol. The zero-order chi connectivity index (χ0) is 14.1. The van der Waals surface area contributed by atoms with E-state index in [0.29, 0.717) is 5.41 Å². The summed E-state index contributed by atoms with van der Waals surface area (Å²) in [5.74, 6) is 0. The van der Waals surface area contributed by atoms with Crippen LogP contribution >= 0.6 is 0 Å². The van der Waals surface area contributed by atoms with E-state index in [-0.39, 0.29) is 5.41 Å². The van der Waals surface area contributed by atoms with Crippen molar-refractivity contribution in [2.45, 2.75) is 80.2 Å². The lowest BCUT2D eigenvalue weighted by Crippen LogP contribution is -2.41. The van der Waals surface area contributed by atoms with Crippen LogP contribution in [0.5, 0.6) is 0 Å². The van der Waals surface area contributed by atoms with Gasteiger partial charge in [0, 0.05) is 24.2 Å². The SMILES string of the molecule is CCCC1CCC(C(C)(C)C)=C(C(C)(C)C)N1C. The fourth-order valence-electron chi connectivity index (χ4n) is 3.40. The second-order valence-electron chi connectivity index (χ2n) is 7.92. The van der Waals surface area contributed by atoms with Crippen LogP contribution < -0.4 is 0 Å². The Morgan fingerprint density at radius 3 is 2.00 bits per heavy atom. The molecule has 0 radical (unpaired) electrons. The van der Waals surface area contributed by atoms with Crippen LogP contribution in [0.2, 0.25) is 0 Å². The summed E-state index contributed by atoms with van der Waals surface area (Å²) in [7, 11) is 2.31. The molecule has 0 bridgehead atoms. The Balaban J connectivity index is 3.20. The molecule has 0 aliphatic carbocycles. The molecule has 1 unspecified atom stereocenters. The van der Waals surface area contributed by atoms with Gasteiger partial charge in [-0.2, -0.15) is 0 Å². The summed E-state index contributed by atoms with van der Waals surface area (Å²) in [5, 5.41) is 0. The Hall–Kier alpha value is -0.460. The summed E-state index contributed by atoms with van der Waals surface area (Å²) in [6.07, 6.45) is 5.23. The Morgan fingerprint density at radius 2 is 1.61 bits per heavy atom. The second-order valence-corrected chi connectivity index (χ2v) is 7.92. The predicted octanol–water partition coefficient (Wildman–Crippen LogP) is 5.23. The van der Waals surface area contributed by atoms with Crippen molar-refractivity contribution in [3.63, 3.8) is 0 Å². The topological polar surface area (TPSA) is 3.24 Å². The molecule has 0 saturated heterocycles. The third-order valence-electron chi connectivity index (χ3n) is 4.15. The molecule has 0 spiro atoms. The zero-order valence-corrected chi connectivity index (χ0v) is 13.9. The average Bonchev–Trinajstić information content (AvgIpc) is 2.17. The lowest BCUT2D eigenvalue weighted by molar-refractivity contribution is 0.184. The maximum atomic E-state index is 2.59. The van der Waals surface area contributed by atoms with Gasteiger partial charge in [0.2, 0.25) is 0 Å². The first-order chi connectivity index (χ1) is 8.09. The Kier molecular flexibility index (Phi) is 4.56. The number of rotatable bonds is 2. The van der Waals surface area contributed by atoms with E-state index >= 15 is 0 Å². The van der Waals surface area contributed by atoms with Gasteiger partial charge in [-0.15, -0.1) is 0 Å². The van der Waals surface area contributed by atoms with E-state index in [2.05, 4.69) is 60.4 Å². The first kappa shape index (κ1) is 15.6. The van der Waals surface area contributed by atoms with E-state index in [1.54, 1.807) is 11.3 Å². The lowest BCUT2D eigenvalue weighted by atomic mass is 9.73. The van der Waals surface area contributed by atoms with Crippen molar-refractivity contribution in [1.29, 1.82) is 0 Å². The molecule has 1 heteroatoms. The molecule has 0 saturated carbocycles. The van der Waals surface area contributed by atoms with Crippen LogP contribution in [-0.4, -0.2) is 18.0 Å². The molecule has 0 aromatic heterocycles. The molecule has 1 aliphatic heterocycles. The van der Waals surface area contributed by atoms with Gasteiger partial charge in [0.15, 0.2) is 0 Å².